The van der Waals surface area contributed by atoms with E-state index in [1.165, 1.54) is 12.1 Å². The first-order valence-electron chi connectivity index (χ1n) is 8.49. The molecule has 7 heteroatoms. The standard InChI is InChI=1S/C22H14Br2N2O3/c23-19-6-4-17(5-7-19)18(13-25)11-16-3-10-22(21(24)12-16)29-14-15-1-8-20(9-2-15)26(27)28/h1-12H,14H2/b18-11-. The molecule has 3 aromatic rings. The lowest BCUT2D eigenvalue weighted by Crippen LogP contribution is -1.97. The number of hydrogen-bond acceptors (Lipinski definition) is 4. The Morgan fingerprint density at radius 3 is 2.34 bits per heavy atom. The van der Waals surface area contributed by atoms with Crippen molar-refractivity contribution in [1.29, 1.82) is 5.26 Å². The van der Waals surface area contributed by atoms with Gasteiger partial charge in [0.15, 0.2) is 0 Å². The smallest absolute Gasteiger partial charge is 0.269 e. The highest BCUT2D eigenvalue weighted by molar-refractivity contribution is 9.10. The summed E-state index contributed by atoms with van der Waals surface area (Å²) >= 11 is 6.89. The highest BCUT2D eigenvalue weighted by Crippen LogP contribution is 2.29. The normalized spacial score (nSPS) is 11.0. The van der Waals surface area contributed by atoms with Gasteiger partial charge in [0, 0.05) is 16.6 Å². The van der Waals surface area contributed by atoms with Gasteiger partial charge in [0.2, 0.25) is 0 Å². The van der Waals surface area contributed by atoms with E-state index in [0.29, 0.717) is 11.3 Å². The quantitative estimate of drug-likeness (QED) is 0.158. The summed E-state index contributed by atoms with van der Waals surface area (Å²) in [6.07, 6.45) is 1.81. The van der Waals surface area contributed by atoms with Crippen LogP contribution in [0.5, 0.6) is 5.75 Å². The zero-order valence-electron chi connectivity index (χ0n) is 15.0. The number of non-ortho nitro benzene ring substituents is 1. The van der Waals surface area contributed by atoms with E-state index >= 15 is 0 Å². The van der Waals surface area contributed by atoms with Gasteiger partial charge in [-0.2, -0.15) is 5.26 Å². The third-order valence-corrected chi connectivity index (χ3v) is 5.23. The van der Waals surface area contributed by atoms with Crippen molar-refractivity contribution in [2.24, 2.45) is 0 Å². The van der Waals surface area contributed by atoms with E-state index in [-0.39, 0.29) is 12.3 Å². The monoisotopic (exact) mass is 512 g/mol. The van der Waals surface area contributed by atoms with E-state index in [9.17, 15) is 15.4 Å². The molecule has 0 aliphatic heterocycles. The molecule has 0 spiro atoms. The predicted octanol–water partition coefficient (Wildman–Crippen LogP) is 6.76. The molecule has 0 saturated carbocycles. The van der Waals surface area contributed by atoms with Gasteiger partial charge in [-0.05, 0) is 75.1 Å². The molecule has 0 heterocycles. The first-order valence-corrected chi connectivity index (χ1v) is 10.1. The number of nitriles is 1. The van der Waals surface area contributed by atoms with Crippen LogP contribution < -0.4 is 4.74 Å². The van der Waals surface area contributed by atoms with Gasteiger partial charge in [-0.1, -0.05) is 34.1 Å². The first-order chi connectivity index (χ1) is 14.0. The van der Waals surface area contributed by atoms with Gasteiger partial charge >= 0.3 is 0 Å². The minimum atomic E-state index is -0.433. The molecule has 0 N–H and O–H groups in total. The summed E-state index contributed by atoms with van der Waals surface area (Å²) < 4.78 is 7.51. The van der Waals surface area contributed by atoms with E-state index < -0.39 is 4.92 Å². The Morgan fingerprint density at radius 1 is 1.07 bits per heavy atom. The van der Waals surface area contributed by atoms with Crippen molar-refractivity contribution < 1.29 is 9.66 Å². The van der Waals surface area contributed by atoms with Gasteiger partial charge in [0.1, 0.15) is 12.4 Å². The minimum Gasteiger partial charge on any atom is -0.488 e. The molecule has 0 unspecified atom stereocenters. The van der Waals surface area contributed by atoms with Crippen LogP contribution in [0, 0.1) is 21.4 Å². The molecule has 0 radical (unpaired) electrons. The van der Waals surface area contributed by atoms with Crippen molar-refractivity contribution in [3.63, 3.8) is 0 Å². The molecule has 0 aliphatic rings. The van der Waals surface area contributed by atoms with E-state index in [4.69, 9.17) is 4.74 Å². The Hall–Kier alpha value is -2.95. The van der Waals surface area contributed by atoms with Gasteiger partial charge < -0.3 is 4.74 Å². The maximum absolute atomic E-state index is 10.7. The summed E-state index contributed by atoms with van der Waals surface area (Å²) in [4.78, 5) is 10.3. The highest BCUT2D eigenvalue weighted by Gasteiger charge is 2.07. The van der Waals surface area contributed by atoms with E-state index in [1.54, 1.807) is 12.1 Å². The predicted molar refractivity (Wildman–Crippen MR) is 119 cm³/mol. The fourth-order valence-electron chi connectivity index (χ4n) is 2.58. The number of rotatable bonds is 6. The molecule has 0 aliphatic carbocycles. The van der Waals surface area contributed by atoms with E-state index in [0.717, 1.165) is 25.6 Å². The molecule has 3 aromatic carbocycles. The average Bonchev–Trinajstić information content (AvgIpc) is 2.72. The maximum Gasteiger partial charge on any atom is 0.269 e. The molecule has 0 bridgehead atoms. The number of ether oxygens (including phenoxy) is 1. The summed E-state index contributed by atoms with van der Waals surface area (Å²) in [5, 5.41) is 20.2. The Labute approximate surface area is 184 Å². The second kappa shape index (κ2) is 9.50. The molecular formula is C22H14Br2N2O3. The number of hydrogen-bond donors (Lipinski definition) is 0. The van der Waals surface area contributed by atoms with Gasteiger partial charge in [-0.25, -0.2) is 0 Å². The summed E-state index contributed by atoms with van der Waals surface area (Å²) in [7, 11) is 0. The van der Waals surface area contributed by atoms with Crippen LogP contribution in [0.3, 0.4) is 0 Å². The Bertz CT molecular complexity index is 1100. The third-order valence-electron chi connectivity index (χ3n) is 4.08. The van der Waals surface area contributed by atoms with Crippen LogP contribution in [0.25, 0.3) is 11.6 Å². The van der Waals surface area contributed by atoms with Crippen LogP contribution in [-0.2, 0) is 6.61 Å². The van der Waals surface area contributed by atoms with Crippen molar-refractivity contribution in [3.8, 4) is 11.8 Å². The second-order valence-electron chi connectivity index (χ2n) is 6.08. The van der Waals surface area contributed by atoms with Gasteiger partial charge in [0.25, 0.3) is 5.69 Å². The second-order valence-corrected chi connectivity index (χ2v) is 7.85. The molecule has 144 valence electrons. The molecular weight excluding hydrogens is 500 g/mol. The van der Waals surface area contributed by atoms with Gasteiger partial charge in [-0.3, -0.25) is 10.1 Å². The molecule has 3 rings (SSSR count). The van der Waals surface area contributed by atoms with Crippen molar-refractivity contribution in [2.75, 3.05) is 0 Å². The van der Waals surface area contributed by atoms with Crippen molar-refractivity contribution in [3.05, 3.63) is 102 Å². The van der Waals surface area contributed by atoms with Crippen LogP contribution in [0.4, 0.5) is 5.69 Å². The third kappa shape index (κ3) is 5.53. The number of halogens is 2. The molecule has 0 amide bonds. The summed E-state index contributed by atoms with van der Waals surface area (Å²) in [6.45, 7) is 0.286. The van der Waals surface area contributed by atoms with Crippen LogP contribution in [0.2, 0.25) is 0 Å². The maximum atomic E-state index is 10.7. The SMILES string of the molecule is N#C/C(=C/c1ccc(OCc2ccc([N+](=O)[O-])cc2)c(Br)c1)c1ccc(Br)cc1. The summed E-state index contributed by atoms with van der Waals surface area (Å²) in [6, 6.07) is 21.6. The Morgan fingerprint density at radius 2 is 1.76 bits per heavy atom. The van der Waals surface area contributed by atoms with Crippen LogP contribution in [0.1, 0.15) is 16.7 Å². The average molecular weight is 514 g/mol. The molecule has 0 atom stereocenters. The van der Waals surface area contributed by atoms with Crippen LogP contribution in [0.15, 0.2) is 75.7 Å². The first kappa shape index (κ1) is 20.8. The Kier molecular flexibility index (Phi) is 6.81. The number of allylic oxidation sites excluding steroid dienone is 1. The summed E-state index contributed by atoms with van der Waals surface area (Å²) in [5.41, 5.74) is 3.13. The van der Waals surface area contributed by atoms with Crippen LogP contribution >= 0.6 is 31.9 Å². The number of nitro groups is 1. The molecule has 0 saturated heterocycles. The zero-order chi connectivity index (χ0) is 20.8. The van der Waals surface area contributed by atoms with E-state index in [1.807, 2.05) is 48.5 Å². The largest absolute Gasteiger partial charge is 0.488 e. The Balaban J connectivity index is 1.73. The fraction of sp³-hybridized carbons (Fsp3) is 0.0455. The lowest BCUT2D eigenvalue weighted by Gasteiger charge is -2.09. The highest BCUT2D eigenvalue weighted by atomic mass is 79.9. The fourth-order valence-corrected chi connectivity index (χ4v) is 3.35. The molecule has 29 heavy (non-hydrogen) atoms. The molecule has 0 fully saturated rings. The lowest BCUT2D eigenvalue weighted by atomic mass is 10.0. The topological polar surface area (TPSA) is 76.2 Å². The van der Waals surface area contributed by atoms with Gasteiger partial charge in [-0.15, -0.1) is 0 Å². The lowest BCUT2D eigenvalue weighted by molar-refractivity contribution is -0.384. The van der Waals surface area contributed by atoms with E-state index in [2.05, 4.69) is 37.9 Å². The zero-order valence-corrected chi connectivity index (χ0v) is 18.2. The number of nitro benzene ring substituents is 1. The van der Waals surface area contributed by atoms with Gasteiger partial charge in [0.05, 0.1) is 21.0 Å². The van der Waals surface area contributed by atoms with Crippen molar-refractivity contribution >= 4 is 49.2 Å². The number of benzene rings is 3. The number of nitrogens with zero attached hydrogens (tertiary/aromatic N) is 2. The molecule has 5 nitrogen and oxygen atoms in total. The minimum absolute atomic E-state index is 0.0464. The molecule has 0 aromatic heterocycles. The summed E-state index contributed by atoms with van der Waals surface area (Å²) in [5.74, 6) is 0.641. The van der Waals surface area contributed by atoms with Crippen molar-refractivity contribution in [1.82, 2.24) is 0 Å². The van der Waals surface area contributed by atoms with Crippen LogP contribution in [-0.4, -0.2) is 4.92 Å². The van der Waals surface area contributed by atoms with Crippen molar-refractivity contribution in [2.45, 2.75) is 6.61 Å².